The fraction of sp³-hybridized carbons (Fsp3) is 1.00. The van der Waals surface area contributed by atoms with Gasteiger partial charge in [-0.2, -0.15) is 10.1 Å². The van der Waals surface area contributed by atoms with Gasteiger partial charge in [0.15, 0.2) is 0 Å². The average molecular weight is 732 g/mol. The van der Waals surface area contributed by atoms with Crippen LogP contribution in [-0.2, 0) is 0 Å². The molecule has 3 aliphatic heterocycles. The van der Waals surface area contributed by atoms with E-state index in [1.54, 1.807) is 12.8 Å². The Morgan fingerprint density at radius 3 is 0.698 bits per heavy atom. The zero-order valence-electron chi connectivity index (χ0n) is 32.9. The van der Waals surface area contributed by atoms with Gasteiger partial charge in [-0.25, -0.2) is 0 Å². The molecule has 0 spiro atoms. The van der Waals surface area contributed by atoms with Gasteiger partial charge in [0.1, 0.15) is 0 Å². The number of hydrogen-bond donors (Lipinski definition) is 2. The van der Waals surface area contributed by atoms with Gasteiger partial charge in [0.2, 0.25) is 0 Å². The van der Waals surface area contributed by atoms with Crippen molar-refractivity contribution >= 4 is 47.7 Å². The van der Waals surface area contributed by atoms with Crippen LogP contribution in [0.2, 0.25) is 85.6 Å². The van der Waals surface area contributed by atoms with Gasteiger partial charge in [0.25, 0.3) is 0 Å². The first-order chi connectivity index (χ1) is 18.6. The molecule has 256 valence electrons. The fourth-order valence-corrected chi connectivity index (χ4v) is 51.4. The molecule has 3 aliphatic rings. The third-order valence-electron chi connectivity index (χ3n) is 11.9. The van der Waals surface area contributed by atoms with Crippen LogP contribution in [0.1, 0.15) is 107 Å². The molecule has 2 N–H and O–H groups in total. The maximum atomic E-state index is 9.80. The summed E-state index contributed by atoms with van der Waals surface area (Å²) in [6.45, 7) is 49.2. The number of hydrogen-bond acceptors (Lipinski definition) is 4. The van der Waals surface area contributed by atoms with E-state index in [1.807, 2.05) is 0 Å². The van der Waals surface area contributed by atoms with Crippen LogP contribution in [-0.4, -0.2) is 90.4 Å². The molecule has 0 atom stereocenters. The van der Waals surface area contributed by atoms with Crippen molar-refractivity contribution in [2.45, 2.75) is 214 Å². The first-order valence-corrected chi connectivity index (χ1v) is 33.5. The van der Waals surface area contributed by atoms with Crippen LogP contribution in [0.4, 0.5) is 0 Å². The molecule has 2 radical (unpaired) electrons. The van der Waals surface area contributed by atoms with Crippen molar-refractivity contribution < 1.29 is 10.4 Å². The molecule has 3 heterocycles. The Morgan fingerprint density at radius 2 is 0.581 bits per heavy atom. The molecule has 3 saturated heterocycles. The van der Waals surface area contributed by atoms with Gasteiger partial charge in [0, 0.05) is 22.2 Å². The summed E-state index contributed by atoms with van der Waals surface area (Å²) in [5.74, 6) is 0. The van der Waals surface area contributed by atoms with E-state index in [1.165, 1.54) is 23.0 Å². The van der Waals surface area contributed by atoms with Crippen LogP contribution in [0.15, 0.2) is 0 Å². The van der Waals surface area contributed by atoms with Gasteiger partial charge >= 0.3 is 146 Å². The summed E-state index contributed by atoms with van der Waals surface area (Å²) >= 11 is 0.150. The van der Waals surface area contributed by atoms with Gasteiger partial charge in [-0.15, -0.1) is 0 Å². The quantitative estimate of drug-likeness (QED) is 0.283. The van der Waals surface area contributed by atoms with Gasteiger partial charge in [-0.3, -0.25) is 0 Å². The monoisotopic (exact) mass is 732 g/mol. The topological polar surface area (TPSA) is 46.9 Å². The van der Waals surface area contributed by atoms with E-state index < -0.39 is 32.3 Å². The maximum absolute atomic E-state index is 9.80. The number of piperidine rings is 2. The Balaban J connectivity index is 0.000000353. The van der Waals surface area contributed by atoms with E-state index in [-0.39, 0.29) is 37.6 Å². The summed E-state index contributed by atoms with van der Waals surface area (Å²) in [5.41, 5.74) is -0.160. The van der Waals surface area contributed by atoms with E-state index in [0.29, 0.717) is 0 Å². The predicted octanol–water partition coefficient (Wildman–Crippen LogP) is 11.1. The van der Waals surface area contributed by atoms with Gasteiger partial charge < -0.3 is 10.4 Å². The normalized spacial score (nSPS) is 26.9. The Bertz CT molecular complexity index is 791. The van der Waals surface area contributed by atoms with Crippen molar-refractivity contribution in [3.8, 4) is 0 Å². The van der Waals surface area contributed by atoms with Crippen molar-refractivity contribution in [3.05, 3.63) is 0 Å². The minimum atomic E-state index is -1.09. The molecule has 3 fully saturated rings. The van der Waals surface area contributed by atoms with Crippen molar-refractivity contribution in [2.24, 2.45) is 0 Å². The molecule has 0 amide bonds. The first-order valence-electron chi connectivity index (χ1n) is 17.4. The Morgan fingerprint density at radius 1 is 0.395 bits per heavy atom. The number of nitrogens with zero attached hydrogens (tertiary/aromatic N) is 2. The number of rotatable bonds is 4. The summed E-state index contributed by atoms with van der Waals surface area (Å²) < 4.78 is 1.78. The molecule has 0 aromatic carbocycles. The van der Waals surface area contributed by atoms with Crippen LogP contribution in [0.5, 0.6) is 0 Å². The van der Waals surface area contributed by atoms with Crippen LogP contribution in [0.3, 0.4) is 0 Å². The Hall–Kier alpha value is 1.25. The fourth-order valence-electron chi connectivity index (χ4n) is 9.33. The summed E-state index contributed by atoms with van der Waals surface area (Å²) in [7, 11) is -4.38. The number of hydroxylamine groups is 4. The van der Waals surface area contributed by atoms with E-state index in [2.05, 4.69) is 134 Å². The van der Waals surface area contributed by atoms with Gasteiger partial charge in [-0.05, 0) is 93.9 Å². The van der Waals surface area contributed by atoms with Crippen LogP contribution >= 0.6 is 0 Å². The van der Waals surface area contributed by atoms with E-state index in [9.17, 15) is 10.4 Å². The van der Waals surface area contributed by atoms with Crippen molar-refractivity contribution in [2.75, 3.05) is 0 Å². The Kier molecular flexibility index (Phi) is 13.1. The van der Waals surface area contributed by atoms with Crippen LogP contribution < -0.4 is 0 Å². The SMILES string of the molecule is CC1(C)CCCC(C)(C)N1O.CC1(C)CCCC(C)(C)N1O.C[Si](C)(C)[C]1([Si](C)(C)C)CC[C]([Si](C)(C)C)([Si](C)(C)C)[Ge]1. The average Bonchev–Trinajstić information content (AvgIpc) is 3.21. The molecule has 43 heavy (non-hydrogen) atoms. The van der Waals surface area contributed by atoms with Crippen molar-refractivity contribution in [1.29, 1.82) is 0 Å². The third-order valence-corrected chi connectivity index (χ3v) is 56.4. The molecule has 0 saturated carbocycles. The third kappa shape index (κ3) is 9.04. The summed E-state index contributed by atoms with van der Waals surface area (Å²) in [5, 5.41) is 22.6. The Labute approximate surface area is 281 Å². The molecule has 3 rings (SSSR count). The molecule has 0 aromatic rings. The second-order valence-electron chi connectivity index (χ2n) is 21.0. The van der Waals surface area contributed by atoms with Crippen molar-refractivity contribution in [1.82, 2.24) is 10.1 Å². The molecule has 0 aromatic heterocycles. The zero-order valence-corrected chi connectivity index (χ0v) is 39.0. The van der Waals surface area contributed by atoms with E-state index in [4.69, 9.17) is 0 Å². The van der Waals surface area contributed by atoms with Crippen molar-refractivity contribution in [3.63, 3.8) is 0 Å². The molecule has 4 nitrogen and oxygen atoms in total. The van der Waals surface area contributed by atoms with E-state index >= 15 is 0 Å². The second kappa shape index (κ2) is 13.3. The molecule has 0 bridgehead atoms. The second-order valence-corrected chi connectivity index (χ2v) is 51.7. The predicted molar refractivity (Wildman–Crippen MR) is 205 cm³/mol. The minimum absolute atomic E-state index is 0.0399. The molecular formula is C34H78GeN2O2Si4. The van der Waals surface area contributed by atoms with Crippen LogP contribution in [0, 0.1) is 0 Å². The van der Waals surface area contributed by atoms with Gasteiger partial charge in [-0.1, -0.05) is 0 Å². The zero-order chi connectivity index (χ0) is 34.5. The molecule has 0 unspecified atom stereocenters. The molecule has 0 aliphatic carbocycles. The van der Waals surface area contributed by atoms with E-state index in [0.717, 1.165) is 32.7 Å². The summed E-state index contributed by atoms with van der Waals surface area (Å²) in [6, 6.07) is 0. The summed E-state index contributed by atoms with van der Waals surface area (Å²) in [6.07, 6.45) is 10.0. The van der Waals surface area contributed by atoms with Gasteiger partial charge in [0.05, 0.1) is 0 Å². The standard InChI is InChI=1S/C16H40GeSi4.2C9H19NO/c1-18(2,3)15(19(4,5)6)13-14-16(17-15,20(7,8)9)21(10,11)12;2*1-8(2)6-5-7-9(3,4)10(8)11/h13-14H2,1-12H3;2*11H,5-7H2,1-4H3. The molecular weight excluding hydrogens is 653 g/mol. The summed E-state index contributed by atoms with van der Waals surface area (Å²) in [4.78, 5) is 0. The first kappa shape index (κ1) is 42.3. The molecule has 9 heteroatoms. The van der Waals surface area contributed by atoms with Crippen LogP contribution in [0.25, 0.3) is 0 Å².